The number of thiophene rings is 1. The highest BCUT2D eigenvalue weighted by molar-refractivity contribution is 7.10. The van der Waals surface area contributed by atoms with Crippen LogP contribution in [0.3, 0.4) is 0 Å². The molecular formula is C19H20F3N3O2S. The molecule has 0 saturated carbocycles. The summed E-state index contributed by atoms with van der Waals surface area (Å²) in [5.41, 5.74) is 1.07. The van der Waals surface area contributed by atoms with Gasteiger partial charge in [-0.05, 0) is 23.6 Å². The van der Waals surface area contributed by atoms with Crippen LogP contribution in [0.4, 0.5) is 18.9 Å². The van der Waals surface area contributed by atoms with Gasteiger partial charge in [0.25, 0.3) is 0 Å². The minimum absolute atomic E-state index is 0.201. The molecule has 0 unspecified atom stereocenters. The molecule has 5 nitrogen and oxygen atoms in total. The van der Waals surface area contributed by atoms with Crippen molar-refractivity contribution in [1.82, 2.24) is 10.2 Å². The van der Waals surface area contributed by atoms with Gasteiger partial charge in [-0.3, -0.25) is 9.59 Å². The number of para-hydroxylation sites is 1. The fourth-order valence-electron chi connectivity index (χ4n) is 3.11. The van der Waals surface area contributed by atoms with Gasteiger partial charge >= 0.3 is 12.1 Å². The SMILES string of the molecule is O=C(C[C@@H](NC(=O)C(F)(F)F)c1cccs1)N1CCN(c2ccccc2)CC1. The van der Waals surface area contributed by atoms with Crippen molar-refractivity contribution in [3.8, 4) is 0 Å². The third kappa shape index (κ3) is 5.03. The number of alkyl halides is 3. The van der Waals surface area contributed by atoms with Crippen LogP contribution in [0.2, 0.25) is 0 Å². The van der Waals surface area contributed by atoms with Gasteiger partial charge in [0.1, 0.15) is 0 Å². The van der Waals surface area contributed by atoms with E-state index in [1.54, 1.807) is 22.4 Å². The number of carbonyl (C=O) groups excluding carboxylic acids is 2. The Morgan fingerprint density at radius 2 is 1.71 bits per heavy atom. The zero-order chi connectivity index (χ0) is 20.1. The molecule has 2 aromatic rings. The lowest BCUT2D eigenvalue weighted by atomic mass is 10.1. The smallest absolute Gasteiger partial charge is 0.368 e. The maximum atomic E-state index is 12.7. The molecule has 3 rings (SSSR count). The first kappa shape index (κ1) is 20.2. The Morgan fingerprint density at radius 1 is 1.04 bits per heavy atom. The third-order valence-corrected chi connectivity index (χ3v) is 5.57. The maximum absolute atomic E-state index is 12.7. The highest BCUT2D eigenvalue weighted by atomic mass is 32.1. The van der Waals surface area contributed by atoms with Crippen LogP contribution in [0.25, 0.3) is 0 Å². The summed E-state index contributed by atoms with van der Waals surface area (Å²) in [6.07, 6.45) is -5.19. The number of amides is 2. The predicted molar refractivity (Wildman–Crippen MR) is 101 cm³/mol. The van der Waals surface area contributed by atoms with E-state index in [-0.39, 0.29) is 12.3 Å². The van der Waals surface area contributed by atoms with Gasteiger partial charge in [0.05, 0.1) is 12.5 Å². The van der Waals surface area contributed by atoms with E-state index in [4.69, 9.17) is 0 Å². The van der Waals surface area contributed by atoms with Gasteiger partial charge < -0.3 is 15.1 Å². The minimum atomic E-state index is -4.99. The molecule has 0 aliphatic carbocycles. The van der Waals surface area contributed by atoms with E-state index in [1.165, 1.54) is 11.3 Å². The van der Waals surface area contributed by atoms with Crippen LogP contribution in [0.5, 0.6) is 0 Å². The average molecular weight is 411 g/mol. The maximum Gasteiger partial charge on any atom is 0.471 e. The fraction of sp³-hybridized carbons (Fsp3) is 0.368. The number of rotatable bonds is 5. The second-order valence-electron chi connectivity index (χ2n) is 6.45. The van der Waals surface area contributed by atoms with Crippen LogP contribution in [-0.2, 0) is 9.59 Å². The van der Waals surface area contributed by atoms with Gasteiger partial charge in [0.2, 0.25) is 5.91 Å². The second-order valence-corrected chi connectivity index (χ2v) is 7.43. The standard InChI is InChI=1S/C19H20F3N3O2S/c20-19(21,22)18(27)23-15(16-7-4-12-28-16)13-17(26)25-10-8-24(9-11-25)14-5-2-1-3-6-14/h1-7,12,15H,8-11,13H2,(H,23,27)/t15-/m1/s1. The molecule has 150 valence electrons. The average Bonchev–Trinajstić information content (AvgIpc) is 3.22. The molecule has 2 amide bonds. The number of carbonyl (C=O) groups is 2. The number of anilines is 1. The Hall–Kier alpha value is -2.55. The largest absolute Gasteiger partial charge is 0.471 e. The van der Waals surface area contributed by atoms with E-state index >= 15 is 0 Å². The van der Waals surface area contributed by atoms with E-state index in [0.717, 1.165) is 5.69 Å². The number of piperazine rings is 1. The van der Waals surface area contributed by atoms with Gasteiger partial charge in [-0.15, -0.1) is 11.3 Å². The van der Waals surface area contributed by atoms with Crippen LogP contribution < -0.4 is 10.2 Å². The molecule has 1 aliphatic heterocycles. The third-order valence-electron chi connectivity index (χ3n) is 4.58. The molecule has 0 spiro atoms. The Bertz CT molecular complexity index is 789. The lowest BCUT2D eigenvalue weighted by Gasteiger charge is -2.36. The Labute approximate surface area is 164 Å². The molecule has 1 aromatic carbocycles. The van der Waals surface area contributed by atoms with E-state index < -0.39 is 18.1 Å². The molecule has 2 heterocycles. The van der Waals surface area contributed by atoms with E-state index in [9.17, 15) is 22.8 Å². The highest BCUT2D eigenvalue weighted by Crippen LogP contribution is 2.26. The van der Waals surface area contributed by atoms with Crippen molar-refractivity contribution in [3.05, 3.63) is 52.7 Å². The number of halogens is 3. The molecule has 1 fully saturated rings. The summed E-state index contributed by atoms with van der Waals surface area (Å²) in [6.45, 7) is 2.26. The van der Waals surface area contributed by atoms with E-state index in [1.807, 2.05) is 35.6 Å². The van der Waals surface area contributed by atoms with Crippen LogP contribution in [-0.4, -0.2) is 49.1 Å². The summed E-state index contributed by atoms with van der Waals surface area (Å²) in [4.78, 5) is 28.3. The summed E-state index contributed by atoms with van der Waals surface area (Å²) in [6, 6.07) is 12.1. The molecule has 1 saturated heterocycles. The summed E-state index contributed by atoms with van der Waals surface area (Å²) >= 11 is 1.21. The molecule has 1 N–H and O–H groups in total. The fourth-order valence-corrected chi connectivity index (χ4v) is 3.89. The molecule has 9 heteroatoms. The van der Waals surface area contributed by atoms with Crippen LogP contribution >= 0.6 is 11.3 Å². The monoisotopic (exact) mass is 411 g/mol. The lowest BCUT2D eigenvalue weighted by Crippen LogP contribution is -2.49. The topological polar surface area (TPSA) is 52.7 Å². The van der Waals surface area contributed by atoms with E-state index in [0.29, 0.717) is 31.1 Å². The van der Waals surface area contributed by atoms with Crippen molar-refractivity contribution in [2.75, 3.05) is 31.1 Å². The first-order chi connectivity index (χ1) is 13.3. The molecular weight excluding hydrogens is 391 g/mol. The Morgan fingerprint density at radius 3 is 2.29 bits per heavy atom. The van der Waals surface area contributed by atoms with Crippen molar-refractivity contribution in [2.24, 2.45) is 0 Å². The van der Waals surface area contributed by atoms with Crippen molar-refractivity contribution in [2.45, 2.75) is 18.6 Å². The predicted octanol–water partition coefficient (Wildman–Crippen LogP) is 3.21. The summed E-state index contributed by atoms with van der Waals surface area (Å²) in [7, 11) is 0. The zero-order valence-electron chi connectivity index (χ0n) is 15.0. The van der Waals surface area contributed by atoms with E-state index in [2.05, 4.69) is 4.90 Å². The van der Waals surface area contributed by atoms with Gasteiger partial charge in [-0.25, -0.2) is 0 Å². The Kier molecular flexibility index (Phi) is 6.23. The summed E-state index contributed by atoms with van der Waals surface area (Å²) < 4.78 is 37.9. The lowest BCUT2D eigenvalue weighted by molar-refractivity contribution is -0.174. The van der Waals surface area contributed by atoms with Crippen molar-refractivity contribution < 1.29 is 22.8 Å². The summed E-state index contributed by atoms with van der Waals surface area (Å²) in [5, 5.41) is 3.65. The van der Waals surface area contributed by atoms with Gasteiger partial charge in [0, 0.05) is 36.7 Å². The molecule has 1 atom stereocenters. The van der Waals surface area contributed by atoms with Gasteiger partial charge in [-0.2, -0.15) is 13.2 Å². The number of nitrogens with one attached hydrogen (secondary N) is 1. The van der Waals surface area contributed by atoms with Crippen LogP contribution in [0.15, 0.2) is 47.8 Å². The molecule has 0 radical (unpaired) electrons. The number of hydrogen-bond acceptors (Lipinski definition) is 4. The van der Waals surface area contributed by atoms with Crippen molar-refractivity contribution in [1.29, 1.82) is 0 Å². The summed E-state index contributed by atoms with van der Waals surface area (Å²) in [5.74, 6) is -2.30. The van der Waals surface area contributed by atoms with Crippen LogP contribution in [0, 0.1) is 0 Å². The number of nitrogens with zero attached hydrogens (tertiary/aromatic N) is 2. The molecule has 0 bridgehead atoms. The van der Waals surface area contributed by atoms with Crippen molar-refractivity contribution >= 4 is 28.8 Å². The second kappa shape index (κ2) is 8.64. The molecule has 1 aromatic heterocycles. The zero-order valence-corrected chi connectivity index (χ0v) is 15.8. The first-order valence-electron chi connectivity index (χ1n) is 8.83. The highest BCUT2D eigenvalue weighted by Gasteiger charge is 2.40. The normalized spacial score (nSPS) is 16.0. The molecule has 28 heavy (non-hydrogen) atoms. The first-order valence-corrected chi connectivity index (χ1v) is 9.71. The number of benzene rings is 1. The van der Waals surface area contributed by atoms with Gasteiger partial charge in [-0.1, -0.05) is 24.3 Å². The molecule has 1 aliphatic rings. The quantitative estimate of drug-likeness (QED) is 0.822. The number of hydrogen-bond donors (Lipinski definition) is 1. The van der Waals surface area contributed by atoms with Crippen LogP contribution in [0.1, 0.15) is 17.3 Å². The van der Waals surface area contributed by atoms with Crippen molar-refractivity contribution in [3.63, 3.8) is 0 Å². The van der Waals surface area contributed by atoms with Gasteiger partial charge in [0.15, 0.2) is 0 Å². The Balaban J connectivity index is 1.60. The minimum Gasteiger partial charge on any atom is -0.368 e.